The second-order valence-electron chi connectivity index (χ2n) is 16.1. The number of hydrogen-bond acceptors (Lipinski definition) is 6. The lowest BCUT2D eigenvalue weighted by Gasteiger charge is -2.49. The molecule has 1 saturated carbocycles. The Balaban J connectivity index is 2.04. The highest BCUT2D eigenvalue weighted by Crippen LogP contribution is 2.59. The second-order valence-corrected chi connectivity index (χ2v) is 25.5. The fourth-order valence-corrected chi connectivity index (χ4v) is 7.22. The van der Waals surface area contributed by atoms with Crippen molar-refractivity contribution in [3.8, 4) is 11.5 Å². The molecule has 46 heavy (non-hydrogen) atoms. The maximum atomic E-state index is 13.8. The van der Waals surface area contributed by atoms with E-state index in [2.05, 4.69) is 80.9 Å². The van der Waals surface area contributed by atoms with Crippen molar-refractivity contribution in [2.45, 2.75) is 103 Å². The SMILES string of the molecule is C=C(C)COC(=O)C1C(c2ccc(O[Si](C)(C)C(C)(C)C)cc2)C(C(=O)OCC(=C)C)C1c1ccc(O[Si](C)(C)C(C)(C)C)cc1. The van der Waals surface area contributed by atoms with Crippen molar-refractivity contribution in [3.05, 3.63) is 84.0 Å². The summed E-state index contributed by atoms with van der Waals surface area (Å²) in [5.41, 5.74) is 3.23. The van der Waals surface area contributed by atoms with E-state index in [1.54, 1.807) is 0 Å². The third-order valence-corrected chi connectivity index (χ3v) is 18.6. The molecule has 0 radical (unpaired) electrons. The maximum Gasteiger partial charge on any atom is 0.310 e. The van der Waals surface area contributed by atoms with Crippen LogP contribution < -0.4 is 8.85 Å². The minimum atomic E-state index is -2.05. The van der Waals surface area contributed by atoms with Crippen molar-refractivity contribution in [3.63, 3.8) is 0 Å². The van der Waals surface area contributed by atoms with Gasteiger partial charge in [0.2, 0.25) is 16.6 Å². The summed E-state index contributed by atoms with van der Waals surface area (Å²) in [6.45, 7) is 33.8. The van der Waals surface area contributed by atoms with Crippen LogP contribution >= 0.6 is 0 Å². The highest BCUT2D eigenvalue weighted by Gasteiger charge is 2.59. The van der Waals surface area contributed by atoms with Crippen LogP contribution in [0.1, 0.15) is 78.4 Å². The zero-order valence-electron chi connectivity index (χ0n) is 30.2. The van der Waals surface area contributed by atoms with E-state index < -0.39 is 40.3 Å². The van der Waals surface area contributed by atoms with E-state index in [1.807, 2.05) is 62.4 Å². The Morgan fingerprint density at radius 1 is 0.609 bits per heavy atom. The van der Waals surface area contributed by atoms with Gasteiger partial charge in [-0.2, -0.15) is 0 Å². The van der Waals surface area contributed by atoms with Crippen LogP contribution in [0.3, 0.4) is 0 Å². The van der Waals surface area contributed by atoms with Crippen LogP contribution in [-0.2, 0) is 19.1 Å². The molecule has 0 aromatic heterocycles. The average molecular weight is 665 g/mol. The molecular weight excluding hydrogens is 609 g/mol. The fraction of sp³-hybridized carbons (Fsp3) is 0.526. The maximum absolute atomic E-state index is 13.8. The van der Waals surface area contributed by atoms with Gasteiger partial charge in [-0.25, -0.2) is 0 Å². The smallest absolute Gasteiger partial charge is 0.310 e. The summed E-state index contributed by atoms with van der Waals surface area (Å²) in [4.78, 5) is 27.6. The van der Waals surface area contributed by atoms with Crippen LogP contribution in [-0.4, -0.2) is 41.8 Å². The third kappa shape index (κ3) is 8.62. The Labute approximate surface area is 279 Å². The van der Waals surface area contributed by atoms with Crippen LogP contribution in [0.25, 0.3) is 0 Å². The predicted molar refractivity (Wildman–Crippen MR) is 193 cm³/mol. The summed E-state index contributed by atoms with van der Waals surface area (Å²) in [6, 6.07) is 15.7. The number of esters is 2. The van der Waals surface area contributed by atoms with Gasteiger partial charge in [-0.15, -0.1) is 0 Å². The van der Waals surface area contributed by atoms with Crippen molar-refractivity contribution < 1.29 is 27.9 Å². The molecule has 3 rings (SSSR count). The van der Waals surface area contributed by atoms with E-state index in [-0.39, 0.29) is 35.2 Å². The minimum Gasteiger partial charge on any atom is -0.544 e. The standard InChI is InChI=1S/C38H56O6Si2/c1-25(2)23-41-35(39)33-31(27-15-19-29(20-16-27)43-45(11,12)37(5,6)7)34(36(40)42-24-26(3)4)32(33)28-17-21-30(22-18-28)44-46(13,14)38(8,9)10/h15-22,31-34H,1,3,23-24H2,2,4-14H3. The first-order chi connectivity index (χ1) is 21.1. The topological polar surface area (TPSA) is 71.1 Å². The van der Waals surface area contributed by atoms with Crippen LogP contribution in [0.5, 0.6) is 11.5 Å². The number of rotatable bonds is 12. The molecule has 2 aromatic rings. The highest BCUT2D eigenvalue weighted by molar-refractivity contribution is 6.75. The zero-order chi connectivity index (χ0) is 34.8. The van der Waals surface area contributed by atoms with Gasteiger partial charge in [0.15, 0.2) is 0 Å². The highest BCUT2D eigenvalue weighted by atomic mass is 28.4. The van der Waals surface area contributed by atoms with Gasteiger partial charge in [0.25, 0.3) is 0 Å². The molecule has 0 N–H and O–H groups in total. The predicted octanol–water partition coefficient (Wildman–Crippen LogP) is 9.81. The van der Waals surface area contributed by atoms with E-state index in [4.69, 9.17) is 18.3 Å². The number of hydrogen-bond donors (Lipinski definition) is 0. The molecule has 1 fully saturated rings. The Morgan fingerprint density at radius 3 is 1.13 bits per heavy atom. The summed E-state index contributed by atoms with van der Waals surface area (Å²) in [7, 11) is -4.10. The fourth-order valence-electron chi connectivity index (χ4n) is 5.16. The second kappa shape index (κ2) is 13.9. The summed E-state index contributed by atoms with van der Waals surface area (Å²) in [6.07, 6.45) is 0. The van der Waals surface area contributed by atoms with Crippen molar-refractivity contribution in [2.24, 2.45) is 11.8 Å². The van der Waals surface area contributed by atoms with Gasteiger partial charge in [0, 0.05) is 11.8 Å². The first-order valence-corrected chi connectivity index (χ1v) is 22.1. The Morgan fingerprint density at radius 2 is 0.891 bits per heavy atom. The molecule has 0 spiro atoms. The first kappa shape index (κ1) is 37.4. The van der Waals surface area contributed by atoms with E-state index in [9.17, 15) is 9.59 Å². The minimum absolute atomic E-state index is 0.0500. The van der Waals surface area contributed by atoms with Crippen LogP contribution in [0.15, 0.2) is 72.8 Å². The number of benzene rings is 2. The van der Waals surface area contributed by atoms with E-state index in [1.165, 1.54) is 0 Å². The van der Waals surface area contributed by atoms with E-state index in [0.29, 0.717) is 0 Å². The molecule has 0 bridgehead atoms. The van der Waals surface area contributed by atoms with Gasteiger partial charge >= 0.3 is 11.9 Å². The van der Waals surface area contributed by atoms with Crippen LogP contribution in [0.2, 0.25) is 36.3 Å². The Bertz CT molecular complexity index is 1290. The number of carbonyl (C=O) groups excluding carboxylic acids is 2. The third-order valence-electron chi connectivity index (χ3n) is 9.90. The molecule has 1 aliphatic rings. The van der Waals surface area contributed by atoms with Crippen molar-refractivity contribution >= 4 is 28.6 Å². The summed E-state index contributed by atoms with van der Waals surface area (Å²) >= 11 is 0. The molecule has 0 heterocycles. The zero-order valence-corrected chi connectivity index (χ0v) is 32.2. The van der Waals surface area contributed by atoms with E-state index in [0.717, 1.165) is 33.8 Å². The summed E-state index contributed by atoms with van der Waals surface area (Å²) in [5.74, 6) is -1.22. The lowest BCUT2D eigenvalue weighted by Crippen LogP contribution is -2.52. The summed E-state index contributed by atoms with van der Waals surface area (Å²) in [5, 5.41) is 0.100. The van der Waals surface area contributed by atoms with Crippen LogP contribution in [0.4, 0.5) is 0 Å². The number of carbonyl (C=O) groups is 2. The van der Waals surface area contributed by atoms with Crippen molar-refractivity contribution in [2.75, 3.05) is 13.2 Å². The Kier molecular flexibility index (Phi) is 11.3. The largest absolute Gasteiger partial charge is 0.544 e. The lowest BCUT2D eigenvalue weighted by molar-refractivity contribution is -0.166. The molecular formula is C38H56O6Si2. The van der Waals surface area contributed by atoms with Gasteiger partial charge in [-0.3, -0.25) is 9.59 Å². The molecule has 0 amide bonds. The molecule has 2 aromatic carbocycles. The number of ether oxygens (including phenoxy) is 2. The molecule has 6 nitrogen and oxygen atoms in total. The summed E-state index contributed by atoms with van der Waals surface area (Å²) < 4.78 is 24.5. The lowest BCUT2D eigenvalue weighted by atomic mass is 9.52. The van der Waals surface area contributed by atoms with Gasteiger partial charge in [-0.1, -0.05) is 79.0 Å². The first-order valence-electron chi connectivity index (χ1n) is 16.3. The van der Waals surface area contributed by atoms with Crippen LogP contribution in [0, 0.1) is 11.8 Å². The molecule has 252 valence electrons. The van der Waals surface area contributed by atoms with Crippen molar-refractivity contribution in [1.29, 1.82) is 0 Å². The quantitative estimate of drug-likeness (QED) is 0.128. The normalized spacial score (nSPS) is 20.3. The Hall–Kier alpha value is -3.11. The average Bonchev–Trinajstić information content (AvgIpc) is 2.90. The monoisotopic (exact) mass is 664 g/mol. The molecule has 0 atom stereocenters. The molecule has 1 aliphatic carbocycles. The molecule has 0 unspecified atom stereocenters. The van der Waals surface area contributed by atoms with Gasteiger partial charge < -0.3 is 18.3 Å². The molecule has 0 aliphatic heterocycles. The molecule has 0 saturated heterocycles. The van der Waals surface area contributed by atoms with Gasteiger partial charge in [0.1, 0.15) is 24.7 Å². The molecule has 8 heteroatoms. The van der Waals surface area contributed by atoms with Crippen molar-refractivity contribution in [1.82, 2.24) is 0 Å². The van der Waals surface area contributed by atoms with Gasteiger partial charge in [-0.05, 0) is 96.7 Å². The van der Waals surface area contributed by atoms with Gasteiger partial charge in [0.05, 0.1) is 11.8 Å². The van der Waals surface area contributed by atoms with E-state index >= 15 is 0 Å².